The van der Waals surface area contributed by atoms with Gasteiger partial charge >= 0.3 is 0 Å². The van der Waals surface area contributed by atoms with E-state index < -0.39 is 0 Å². The number of hydrogen-bond donors (Lipinski definition) is 1. The molecule has 2 heterocycles. The Balaban J connectivity index is 2.21. The van der Waals surface area contributed by atoms with E-state index in [2.05, 4.69) is 31.1 Å². The molecule has 0 aromatic carbocycles. The Morgan fingerprint density at radius 2 is 2.33 bits per heavy atom. The van der Waals surface area contributed by atoms with Crippen LogP contribution in [0.15, 0.2) is 6.20 Å². The van der Waals surface area contributed by atoms with Crippen molar-refractivity contribution in [3.8, 4) is 0 Å². The van der Waals surface area contributed by atoms with Crippen LogP contribution in [0.4, 0.5) is 0 Å². The molecule has 4 heteroatoms. The van der Waals surface area contributed by atoms with Crippen molar-refractivity contribution in [3.63, 3.8) is 0 Å². The van der Waals surface area contributed by atoms with Gasteiger partial charge in [-0.05, 0) is 31.1 Å². The minimum absolute atomic E-state index is 0.465. The molecular formula is C14H23N3S. The fourth-order valence-corrected chi connectivity index (χ4v) is 3.48. The number of aromatic nitrogens is 2. The van der Waals surface area contributed by atoms with Crippen LogP contribution in [0.3, 0.4) is 0 Å². The smallest absolute Gasteiger partial charge is 0.141 e. The predicted molar refractivity (Wildman–Crippen MR) is 77.9 cm³/mol. The summed E-state index contributed by atoms with van der Waals surface area (Å²) in [4.78, 5) is 9.42. The van der Waals surface area contributed by atoms with Crippen molar-refractivity contribution in [3.05, 3.63) is 23.3 Å². The molecule has 1 aliphatic heterocycles. The van der Waals surface area contributed by atoms with E-state index in [9.17, 15) is 0 Å². The maximum Gasteiger partial charge on any atom is 0.141 e. The largest absolute Gasteiger partial charge is 0.313 e. The van der Waals surface area contributed by atoms with Gasteiger partial charge in [-0.3, -0.25) is 0 Å². The number of thioether (sulfide) groups is 1. The van der Waals surface area contributed by atoms with Crippen LogP contribution < -0.4 is 5.32 Å². The van der Waals surface area contributed by atoms with Crippen LogP contribution in [0.1, 0.15) is 61.9 Å². The van der Waals surface area contributed by atoms with Crippen molar-refractivity contribution < 1.29 is 0 Å². The molecule has 0 spiro atoms. The van der Waals surface area contributed by atoms with Crippen LogP contribution in [-0.4, -0.2) is 22.3 Å². The molecule has 0 amide bonds. The lowest BCUT2D eigenvalue weighted by molar-refractivity contribution is 0.678. The fraction of sp³-hybridized carbons (Fsp3) is 0.714. The molecule has 1 atom stereocenters. The number of nitrogens with one attached hydrogen (secondary N) is 1. The number of rotatable bonds is 5. The summed E-state index contributed by atoms with van der Waals surface area (Å²) in [6.07, 6.45) is 4.56. The Morgan fingerprint density at radius 3 is 2.94 bits per heavy atom. The molecule has 1 saturated heterocycles. The average Bonchev–Trinajstić information content (AvgIpc) is 2.90. The second-order valence-corrected chi connectivity index (χ2v) is 6.39. The summed E-state index contributed by atoms with van der Waals surface area (Å²) in [6.45, 7) is 8.41. The quantitative estimate of drug-likeness (QED) is 0.886. The van der Waals surface area contributed by atoms with Crippen molar-refractivity contribution in [1.82, 2.24) is 15.3 Å². The van der Waals surface area contributed by atoms with Crippen LogP contribution >= 0.6 is 11.8 Å². The minimum atomic E-state index is 0.465. The van der Waals surface area contributed by atoms with E-state index in [1.165, 1.54) is 29.9 Å². The minimum Gasteiger partial charge on any atom is -0.313 e. The molecule has 1 N–H and O–H groups in total. The molecule has 1 fully saturated rings. The van der Waals surface area contributed by atoms with E-state index in [0.717, 1.165) is 18.9 Å². The molecule has 100 valence electrons. The van der Waals surface area contributed by atoms with E-state index in [-0.39, 0.29) is 0 Å². The summed E-state index contributed by atoms with van der Waals surface area (Å²) in [5, 5.41) is 3.89. The number of hydrogen-bond acceptors (Lipinski definition) is 4. The highest BCUT2D eigenvalue weighted by Gasteiger charge is 2.22. The van der Waals surface area contributed by atoms with Gasteiger partial charge in [0.2, 0.25) is 0 Å². The molecule has 1 aromatic rings. The molecule has 18 heavy (non-hydrogen) atoms. The molecule has 1 unspecified atom stereocenters. The van der Waals surface area contributed by atoms with Crippen molar-refractivity contribution >= 4 is 11.8 Å². The van der Waals surface area contributed by atoms with Crippen molar-refractivity contribution in [2.75, 3.05) is 12.3 Å². The highest BCUT2D eigenvalue weighted by Crippen LogP contribution is 2.38. The first-order valence-electron chi connectivity index (χ1n) is 6.90. The third-order valence-electron chi connectivity index (χ3n) is 3.25. The molecule has 0 radical (unpaired) electrons. The Labute approximate surface area is 114 Å². The third-order valence-corrected chi connectivity index (χ3v) is 4.62. The van der Waals surface area contributed by atoms with Crippen LogP contribution in [0.25, 0.3) is 0 Å². The molecule has 0 bridgehead atoms. The summed E-state index contributed by atoms with van der Waals surface area (Å²) in [5.41, 5.74) is 2.46. The first-order chi connectivity index (χ1) is 8.72. The molecule has 1 aromatic heterocycles. The zero-order valence-electron chi connectivity index (χ0n) is 11.6. The van der Waals surface area contributed by atoms with Crippen LogP contribution in [0.5, 0.6) is 0 Å². The topological polar surface area (TPSA) is 37.8 Å². The SMILES string of the molecule is CCNCc1cnc(C2CCCS2)nc1C(C)C. The Kier molecular flexibility index (Phi) is 5.01. The van der Waals surface area contributed by atoms with Crippen molar-refractivity contribution in [1.29, 1.82) is 0 Å². The third kappa shape index (κ3) is 3.23. The van der Waals surface area contributed by atoms with Gasteiger partial charge in [0.25, 0.3) is 0 Å². The molecule has 3 nitrogen and oxygen atoms in total. The lowest BCUT2D eigenvalue weighted by Crippen LogP contribution is -2.16. The van der Waals surface area contributed by atoms with Gasteiger partial charge in [-0.25, -0.2) is 9.97 Å². The van der Waals surface area contributed by atoms with Gasteiger partial charge in [0.1, 0.15) is 5.82 Å². The van der Waals surface area contributed by atoms with Crippen LogP contribution in [0.2, 0.25) is 0 Å². The second kappa shape index (κ2) is 6.53. The molecule has 2 rings (SSSR count). The van der Waals surface area contributed by atoms with Gasteiger partial charge in [0.05, 0.1) is 10.9 Å². The molecule has 0 aliphatic carbocycles. The van der Waals surface area contributed by atoms with Gasteiger partial charge in [-0.2, -0.15) is 11.8 Å². The molecule has 0 saturated carbocycles. The predicted octanol–water partition coefficient (Wildman–Crippen LogP) is 3.28. The van der Waals surface area contributed by atoms with Crippen LogP contribution in [-0.2, 0) is 6.54 Å². The summed E-state index contributed by atoms with van der Waals surface area (Å²) in [7, 11) is 0. The highest BCUT2D eigenvalue weighted by atomic mass is 32.2. The molecule has 1 aliphatic rings. The van der Waals surface area contributed by atoms with E-state index in [1.54, 1.807) is 0 Å². The maximum atomic E-state index is 4.84. The second-order valence-electron chi connectivity index (χ2n) is 5.08. The lowest BCUT2D eigenvalue weighted by Gasteiger charge is -2.15. The Morgan fingerprint density at radius 1 is 1.50 bits per heavy atom. The zero-order chi connectivity index (χ0) is 13.0. The summed E-state index contributed by atoms with van der Waals surface area (Å²) in [6, 6.07) is 0. The zero-order valence-corrected chi connectivity index (χ0v) is 12.4. The van der Waals surface area contributed by atoms with Gasteiger partial charge in [0, 0.05) is 18.3 Å². The van der Waals surface area contributed by atoms with Crippen molar-refractivity contribution in [2.24, 2.45) is 0 Å². The van der Waals surface area contributed by atoms with E-state index in [4.69, 9.17) is 4.98 Å². The first-order valence-corrected chi connectivity index (χ1v) is 7.95. The summed E-state index contributed by atoms with van der Waals surface area (Å²) >= 11 is 2.00. The Hall–Kier alpha value is -0.610. The Bertz CT molecular complexity index is 387. The fourth-order valence-electron chi connectivity index (χ4n) is 2.27. The van der Waals surface area contributed by atoms with Gasteiger partial charge in [-0.1, -0.05) is 20.8 Å². The lowest BCUT2D eigenvalue weighted by atomic mass is 10.0. The summed E-state index contributed by atoms with van der Waals surface area (Å²) in [5.74, 6) is 2.76. The first kappa shape index (κ1) is 13.8. The average molecular weight is 265 g/mol. The standard InChI is InChI=1S/C14H23N3S/c1-4-15-8-11-9-16-14(12-6-5-7-18-12)17-13(11)10(2)3/h9-10,12,15H,4-8H2,1-3H3. The van der Waals surface area contributed by atoms with Crippen molar-refractivity contribution in [2.45, 2.75) is 51.3 Å². The van der Waals surface area contributed by atoms with Crippen LogP contribution in [0, 0.1) is 0 Å². The number of nitrogens with zero attached hydrogens (tertiary/aromatic N) is 2. The molecular weight excluding hydrogens is 242 g/mol. The summed E-state index contributed by atoms with van der Waals surface area (Å²) < 4.78 is 0. The maximum absolute atomic E-state index is 4.84. The van der Waals surface area contributed by atoms with Gasteiger partial charge in [0.15, 0.2) is 0 Å². The van der Waals surface area contributed by atoms with E-state index in [1.807, 2.05) is 18.0 Å². The van der Waals surface area contributed by atoms with Gasteiger partial charge in [-0.15, -0.1) is 0 Å². The monoisotopic (exact) mass is 265 g/mol. The van der Waals surface area contributed by atoms with E-state index >= 15 is 0 Å². The van der Waals surface area contributed by atoms with Gasteiger partial charge < -0.3 is 5.32 Å². The highest BCUT2D eigenvalue weighted by molar-refractivity contribution is 7.99. The normalized spacial score (nSPS) is 19.7. The van der Waals surface area contributed by atoms with E-state index in [0.29, 0.717) is 11.2 Å².